The van der Waals surface area contributed by atoms with Crippen molar-refractivity contribution in [1.29, 1.82) is 0 Å². The van der Waals surface area contributed by atoms with Gasteiger partial charge in [0.2, 0.25) is 5.91 Å². The van der Waals surface area contributed by atoms with Crippen LogP contribution in [0.5, 0.6) is 0 Å². The van der Waals surface area contributed by atoms with Crippen LogP contribution in [0.15, 0.2) is 36.9 Å². The summed E-state index contributed by atoms with van der Waals surface area (Å²) in [6.07, 6.45) is 7.69. The molecule has 1 fully saturated rings. The predicted molar refractivity (Wildman–Crippen MR) is 101 cm³/mol. The second-order valence-electron chi connectivity index (χ2n) is 6.13. The highest BCUT2D eigenvalue weighted by molar-refractivity contribution is 7.98. The van der Waals surface area contributed by atoms with Crippen LogP contribution >= 0.6 is 23.4 Å². The van der Waals surface area contributed by atoms with Gasteiger partial charge in [-0.3, -0.25) is 4.79 Å². The van der Waals surface area contributed by atoms with E-state index in [1.54, 1.807) is 0 Å². The Labute approximate surface area is 149 Å². The number of allylic oxidation sites excluding steroid dienone is 1. The van der Waals surface area contributed by atoms with Crippen LogP contribution in [0.4, 0.5) is 0 Å². The van der Waals surface area contributed by atoms with Gasteiger partial charge in [-0.15, -0.1) is 6.58 Å². The molecule has 1 aromatic rings. The zero-order chi connectivity index (χ0) is 16.8. The number of carbonyl (C=O) groups is 1. The molecule has 0 N–H and O–H groups in total. The summed E-state index contributed by atoms with van der Waals surface area (Å²) in [5.41, 5.74) is 1.19. The van der Waals surface area contributed by atoms with Gasteiger partial charge < -0.3 is 4.90 Å². The number of hydrogen-bond donors (Lipinski definition) is 0. The van der Waals surface area contributed by atoms with Crippen molar-refractivity contribution in [2.75, 3.05) is 12.0 Å². The molecule has 0 spiro atoms. The monoisotopic (exact) mass is 351 g/mol. The largest absolute Gasteiger partial charge is 0.332 e. The number of hydrogen-bond acceptors (Lipinski definition) is 2. The summed E-state index contributed by atoms with van der Waals surface area (Å²) >= 11 is 7.83. The number of benzene rings is 1. The maximum absolute atomic E-state index is 13.1. The van der Waals surface area contributed by atoms with Gasteiger partial charge in [-0.25, -0.2) is 0 Å². The molecule has 1 aliphatic rings. The van der Waals surface area contributed by atoms with Gasteiger partial charge in [-0.05, 0) is 49.6 Å². The van der Waals surface area contributed by atoms with E-state index in [2.05, 4.69) is 36.8 Å². The molecule has 126 valence electrons. The first-order valence-electron chi connectivity index (χ1n) is 8.29. The molecule has 1 aliphatic heterocycles. The van der Waals surface area contributed by atoms with Crippen LogP contribution in [-0.4, -0.2) is 28.9 Å². The highest BCUT2D eigenvalue weighted by atomic mass is 35.5. The summed E-state index contributed by atoms with van der Waals surface area (Å²) in [6, 6.07) is 8.42. The van der Waals surface area contributed by atoms with Gasteiger partial charge in [-0.1, -0.05) is 36.7 Å². The third-order valence-electron chi connectivity index (χ3n) is 4.66. The Hall–Kier alpha value is -0.930. The first kappa shape index (κ1) is 18.4. The van der Waals surface area contributed by atoms with E-state index in [4.69, 9.17) is 11.6 Å². The number of carbonyl (C=O) groups excluding carboxylic acids is 1. The Kier molecular flexibility index (Phi) is 7.04. The Balaban J connectivity index is 2.32. The van der Waals surface area contributed by atoms with E-state index < -0.39 is 0 Å². The second-order valence-corrected chi connectivity index (χ2v) is 7.48. The van der Waals surface area contributed by atoms with Crippen LogP contribution in [0.25, 0.3) is 0 Å². The Morgan fingerprint density at radius 3 is 2.65 bits per heavy atom. The molecule has 1 amide bonds. The standard InChI is InChI=1S/C19H26ClNOS/c1-4-6-15-9-12-18(14-7-10-16(20)11-8-14)21(19(15)22)17(5-2)13-23-3/h4,7-8,10-11,15,17-18H,1,5-6,9,12-13H2,2-3H3. The molecule has 2 nitrogen and oxygen atoms in total. The van der Waals surface area contributed by atoms with Crippen LogP contribution in [0.3, 0.4) is 0 Å². The maximum atomic E-state index is 13.1. The third kappa shape index (κ3) is 4.33. The van der Waals surface area contributed by atoms with E-state index in [0.29, 0.717) is 0 Å². The normalized spacial score (nSPS) is 22.9. The van der Waals surface area contributed by atoms with Crippen LogP contribution in [-0.2, 0) is 4.79 Å². The molecule has 1 heterocycles. The van der Waals surface area contributed by atoms with Crippen molar-refractivity contribution in [3.05, 3.63) is 47.5 Å². The van der Waals surface area contributed by atoms with Gasteiger partial charge in [0.1, 0.15) is 0 Å². The van der Waals surface area contributed by atoms with E-state index >= 15 is 0 Å². The van der Waals surface area contributed by atoms with E-state index in [0.717, 1.165) is 36.5 Å². The molecule has 1 aromatic carbocycles. The Morgan fingerprint density at radius 1 is 1.39 bits per heavy atom. The molecular weight excluding hydrogens is 326 g/mol. The van der Waals surface area contributed by atoms with E-state index in [1.807, 2.05) is 30.0 Å². The minimum absolute atomic E-state index is 0.0898. The minimum atomic E-state index is 0.0898. The highest BCUT2D eigenvalue weighted by Crippen LogP contribution is 2.38. The van der Waals surface area contributed by atoms with Gasteiger partial charge in [0.15, 0.2) is 0 Å². The van der Waals surface area contributed by atoms with Crippen molar-refractivity contribution in [2.24, 2.45) is 5.92 Å². The number of piperidine rings is 1. The fourth-order valence-electron chi connectivity index (χ4n) is 3.44. The lowest BCUT2D eigenvalue weighted by Gasteiger charge is -2.44. The van der Waals surface area contributed by atoms with Crippen molar-refractivity contribution in [2.45, 2.75) is 44.7 Å². The summed E-state index contributed by atoms with van der Waals surface area (Å²) in [5, 5.41) is 0.739. The minimum Gasteiger partial charge on any atom is -0.332 e. The number of likely N-dealkylation sites (tertiary alicyclic amines) is 1. The molecular formula is C19H26ClNOS. The van der Waals surface area contributed by atoms with Gasteiger partial charge in [0, 0.05) is 22.7 Å². The summed E-state index contributed by atoms with van der Waals surface area (Å²) in [4.78, 5) is 15.2. The number of nitrogens with zero attached hydrogens (tertiary/aromatic N) is 1. The Bertz CT molecular complexity index is 531. The molecule has 0 saturated carbocycles. The smallest absolute Gasteiger partial charge is 0.226 e. The highest BCUT2D eigenvalue weighted by Gasteiger charge is 2.38. The van der Waals surface area contributed by atoms with E-state index in [9.17, 15) is 4.79 Å². The van der Waals surface area contributed by atoms with Gasteiger partial charge in [-0.2, -0.15) is 11.8 Å². The van der Waals surface area contributed by atoms with Crippen LogP contribution in [0, 0.1) is 5.92 Å². The fourth-order valence-corrected chi connectivity index (χ4v) is 4.35. The molecule has 0 radical (unpaired) electrons. The summed E-state index contributed by atoms with van der Waals surface area (Å²) in [5.74, 6) is 1.36. The SMILES string of the molecule is C=CCC1CCC(c2ccc(Cl)cc2)N(C(CC)CSC)C1=O. The fraction of sp³-hybridized carbons (Fsp3) is 0.526. The van der Waals surface area contributed by atoms with Crippen molar-refractivity contribution in [3.8, 4) is 0 Å². The number of amides is 1. The van der Waals surface area contributed by atoms with Gasteiger partial charge >= 0.3 is 0 Å². The lowest BCUT2D eigenvalue weighted by atomic mass is 9.85. The molecule has 4 heteroatoms. The Morgan fingerprint density at radius 2 is 2.09 bits per heavy atom. The first-order valence-corrected chi connectivity index (χ1v) is 10.1. The van der Waals surface area contributed by atoms with Gasteiger partial charge in [0.05, 0.1) is 6.04 Å². The maximum Gasteiger partial charge on any atom is 0.226 e. The molecule has 0 aliphatic carbocycles. The van der Waals surface area contributed by atoms with Crippen molar-refractivity contribution in [1.82, 2.24) is 4.90 Å². The molecule has 1 saturated heterocycles. The van der Waals surface area contributed by atoms with Crippen molar-refractivity contribution in [3.63, 3.8) is 0 Å². The van der Waals surface area contributed by atoms with Crippen molar-refractivity contribution < 1.29 is 4.79 Å². The van der Waals surface area contributed by atoms with Crippen molar-refractivity contribution >= 4 is 29.3 Å². The summed E-state index contributed by atoms with van der Waals surface area (Å²) in [6.45, 7) is 5.98. The molecule has 0 aromatic heterocycles. The van der Waals surface area contributed by atoms with Crippen LogP contribution in [0.2, 0.25) is 5.02 Å². The average molecular weight is 352 g/mol. The topological polar surface area (TPSA) is 20.3 Å². The van der Waals surface area contributed by atoms with E-state index in [1.165, 1.54) is 5.56 Å². The lowest BCUT2D eigenvalue weighted by molar-refractivity contribution is -0.144. The lowest BCUT2D eigenvalue weighted by Crippen LogP contribution is -2.49. The summed E-state index contributed by atoms with van der Waals surface area (Å²) in [7, 11) is 0. The molecule has 3 atom stereocenters. The zero-order valence-corrected chi connectivity index (χ0v) is 15.6. The molecule has 3 unspecified atom stereocenters. The second kappa shape index (κ2) is 8.79. The van der Waals surface area contributed by atoms with Crippen LogP contribution < -0.4 is 0 Å². The van der Waals surface area contributed by atoms with E-state index in [-0.39, 0.29) is 23.9 Å². The van der Waals surface area contributed by atoms with Gasteiger partial charge in [0.25, 0.3) is 0 Å². The molecule has 0 bridgehead atoms. The number of thioether (sulfide) groups is 1. The number of rotatable bonds is 7. The zero-order valence-electron chi connectivity index (χ0n) is 14.0. The quantitative estimate of drug-likeness (QED) is 0.618. The average Bonchev–Trinajstić information content (AvgIpc) is 2.56. The first-order chi connectivity index (χ1) is 11.1. The third-order valence-corrected chi connectivity index (χ3v) is 5.63. The summed E-state index contributed by atoms with van der Waals surface area (Å²) < 4.78 is 0. The predicted octanol–water partition coefficient (Wildman–Crippen LogP) is 5.34. The molecule has 2 rings (SSSR count). The molecule has 23 heavy (non-hydrogen) atoms. The number of halogens is 1. The van der Waals surface area contributed by atoms with Crippen LogP contribution in [0.1, 0.15) is 44.2 Å².